The van der Waals surface area contributed by atoms with Crippen LogP contribution in [0.1, 0.15) is 39.3 Å². The molecule has 0 amide bonds. The molecule has 1 aromatic carbocycles. The number of methoxy groups -OCH3 is 1. The van der Waals surface area contributed by atoms with Gasteiger partial charge in [0.1, 0.15) is 0 Å². The molecule has 0 aliphatic carbocycles. The number of carbonyl (C=O) groups is 1. The van der Waals surface area contributed by atoms with Crippen LogP contribution in [0, 0.1) is 5.41 Å². The third-order valence-corrected chi connectivity index (χ3v) is 2.73. The fourth-order valence-corrected chi connectivity index (χ4v) is 1.62. The van der Waals surface area contributed by atoms with Gasteiger partial charge in [0.25, 0.3) is 0 Å². The van der Waals surface area contributed by atoms with E-state index in [9.17, 15) is 4.79 Å². The minimum atomic E-state index is -0.374. The number of esters is 1. The van der Waals surface area contributed by atoms with E-state index in [1.165, 1.54) is 14.0 Å². The Labute approximate surface area is 108 Å². The second-order valence-corrected chi connectivity index (χ2v) is 5.35. The smallest absolute Gasteiger partial charge is 0.308 e. The molecule has 1 aromatic rings. The summed E-state index contributed by atoms with van der Waals surface area (Å²) < 4.78 is 10.3. The topological polar surface area (TPSA) is 61.6 Å². The maximum Gasteiger partial charge on any atom is 0.308 e. The van der Waals surface area contributed by atoms with Gasteiger partial charge in [-0.05, 0) is 23.1 Å². The Hall–Kier alpha value is -1.55. The van der Waals surface area contributed by atoms with Crippen molar-refractivity contribution < 1.29 is 14.3 Å². The molecule has 0 aliphatic rings. The van der Waals surface area contributed by atoms with Crippen LogP contribution in [0.5, 0.6) is 11.5 Å². The minimum Gasteiger partial charge on any atom is -0.493 e. The monoisotopic (exact) mass is 251 g/mol. The molecule has 0 unspecified atom stereocenters. The van der Waals surface area contributed by atoms with E-state index in [1.54, 1.807) is 6.07 Å². The number of ether oxygens (including phenoxy) is 2. The van der Waals surface area contributed by atoms with Crippen LogP contribution in [0.25, 0.3) is 0 Å². The highest BCUT2D eigenvalue weighted by molar-refractivity contribution is 5.70. The number of carbonyl (C=O) groups excluding carboxylic acids is 1. The number of rotatable bonds is 3. The Morgan fingerprint density at radius 2 is 1.89 bits per heavy atom. The third kappa shape index (κ3) is 3.47. The first-order valence-corrected chi connectivity index (χ1v) is 5.87. The van der Waals surface area contributed by atoms with Crippen LogP contribution in [0.2, 0.25) is 0 Å². The normalized spacial score (nSPS) is 13.0. The summed E-state index contributed by atoms with van der Waals surface area (Å²) in [5.41, 5.74) is 7.09. The molecule has 0 saturated heterocycles. The Balaban J connectivity index is 3.09. The molecule has 0 saturated carbocycles. The maximum atomic E-state index is 11.0. The van der Waals surface area contributed by atoms with E-state index in [0.717, 1.165) is 5.56 Å². The number of nitrogens with two attached hydrogens (primary N) is 1. The van der Waals surface area contributed by atoms with Gasteiger partial charge < -0.3 is 15.2 Å². The summed E-state index contributed by atoms with van der Waals surface area (Å²) in [6.45, 7) is 7.58. The van der Waals surface area contributed by atoms with Gasteiger partial charge in [0.05, 0.1) is 7.11 Å². The predicted octanol–water partition coefficient (Wildman–Crippen LogP) is 2.67. The van der Waals surface area contributed by atoms with E-state index in [2.05, 4.69) is 20.8 Å². The molecule has 4 nitrogen and oxygen atoms in total. The van der Waals surface area contributed by atoms with Gasteiger partial charge in [-0.1, -0.05) is 26.8 Å². The number of benzene rings is 1. The average molecular weight is 251 g/mol. The van der Waals surface area contributed by atoms with Crippen LogP contribution in [-0.2, 0) is 4.79 Å². The largest absolute Gasteiger partial charge is 0.493 e. The van der Waals surface area contributed by atoms with Gasteiger partial charge in [0, 0.05) is 13.0 Å². The van der Waals surface area contributed by atoms with Crippen molar-refractivity contribution in [3.63, 3.8) is 0 Å². The van der Waals surface area contributed by atoms with Crippen molar-refractivity contribution in [2.24, 2.45) is 11.1 Å². The van der Waals surface area contributed by atoms with Crippen LogP contribution in [0.3, 0.4) is 0 Å². The van der Waals surface area contributed by atoms with Gasteiger partial charge in [-0.3, -0.25) is 4.79 Å². The summed E-state index contributed by atoms with van der Waals surface area (Å²) in [6, 6.07) is 5.27. The summed E-state index contributed by atoms with van der Waals surface area (Å²) >= 11 is 0. The Morgan fingerprint density at radius 3 is 2.33 bits per heavy atom. The molecular formula is C14H21NO3. The molecule has 4 heteroatoms. The van der Waals surface area contributed by atoms with E-state index in [1.807, 2.05) is 12.1 Å². The number of hydrogen-bond donors (Lipinski definition) is 1. The molecular weight excluding hydrogens is 230 g/mol. The predicted molar refractivity (Wildman–Crippen MR) is 70.7 cm³/mol. The quantitative estimate of drug-likeness (QED) is 0.662. The molecule has 0 spiro atoms. The fourth-order valence-electron chi connectivity index (χ4n) is 1.62. The van der Waals surface area contributed by atoms with Crippen molar-refractivity contribution in [2.45, 2.75) is 33.7 Å². The zero-order chi connectivity index (χ0) is 13.9. The SMILES string of the molecule is COc1cc([C@H](N)C(C)(C)C)ccc1OC(C)=O. The van der Waals surface area contributed by atoms with Crippen molar-refractivity contribution in [3.05, 3.63) is 23.8 Å². The van der Waals surface area contributed by atoms with Crippen LogP contribution >= 0.6 is 0 Å². The second kappa shape index (κ2) is 5.40. The minimum absolute atomic E-state index is 0.0477. The molecule has 18 heavy (non-hydrogen) atoms. The second-order valence-electron chi connectivity index (χ2n) is 5.35. The lowest BCUT2D eigenvalue weighted by molar-refractivity contribution is -0.132. The van der Waals surface area contributed by atoms with Crippen LogP contribution in [0.4, 0.5) is 0 Å². The van der Waals surface area contributed by atoms with E-state index in [0.29, 0.717) is 11.5 Å². The highest BCUT2D eigenvalue weighted by Crippen LogP contribution is 2.35. The molecule has 0 heterocycles. The van der Waals surface area contributed by atoms with Gasteiger partial charge in [0.2, 0.25) is 0 Å². The van der Waals surface area contributed by atoms with Gasteiger partial charge in [-0.25, -0.2) is 0 Å². The summed E-state index contributed by atoms with van der Waals surface area (Å²) in [5, 5.41) is 0. The maximum absolute atomic E-state index is 11.0. The average Bonchev–Trinajstić information content (AvgIpc) is 2.26. The fraction of sp³-hybridized carbons (Fsp3) is 0.500. The van der Waals surface area contributed by atoms with Crippen LogP contribution < -0.4 is 15.2 Å². The van der Waals surface area contributed by atoms with E-state index in [4.69, 9.17) is 15.2 Å². The molecule has 1 atom stereocenters. The van der Waals surface area contributed by atoms with Crippen LogP contribution in [0.15, 0.2) is 18.2 Å². The molecule has 0 bridgehead atoms. The lowest BCUT2D eigenvalue weighted by Gasteiger charge is -2.27. The first-order valence-electron chi connectivity index (χ1n) is 5.87. The van der Waals surface area contributed by atoms with Crippen LogP contribution in [-0.4, -0.2) is 13.1 Å². The Kier molecular flexibility index (Phi) is 4.35. The zero-order valence-electron chi connectivity index (χ0n) is 11.6. The summed E-state index contributed by atoms with van der Waals surface area (Å²) in [5.74, 6) is 0.554. The van der Waals surface area contributed by atoms with Crippen molar-refractivity contribution in [1.29, 1.82) is 0 Å². The molecule has 2 N–H and O–H groups in total. The van der Waals surface area contributed by atoms with Crippen molar-refractivity contribution >= 4 is 5.97 Å². The summed E-state index contributed by atoms with van der Waals surface area (Å²) in [7, 11) is 1.54. The van der Waals surface area contributed by atoms with Crippen molar-refractivity contribution in [3.8, 4) is 11.5 Å². The van der Waals surface area contributed by atoms with Crippen molar-refractivity contribution in [2.75, 3.05) is 7.11 Å². The Morgan fingerprint density at radius 1 is 1.28 bits per heavy atom. The first kappa shape index (κ1) is 14.5. The molecule has 0 radical (unpaired) electrons. The van der Waals surface area contributed by atoms with E-state index >= 15 is 0 Å². The zero-order valence-corrected chi connectivity index (χ0v) is 11.6. The molecule has 0 aromatic heterocycles. The first-order chi connectivity index (χ1) is 8.25. The molecule has 1 rings (SSSR count). The van der Waals surface area contributed by atoms with E-state index < -0.39 is 0 Å². The summed E-state index contributed by atoms with van der Waals surface area (Å²) in [6.07, 6.45) is 0. The highest BCUT2D eigenvalue weighted by atomic mass is 16.6. The molecule has 0 aliphatic heterocycles. The Bertz CT molecular complexity index is 435. The van der Waals surface area contributed by atoms with E-state index in [-0.39, 0.29) is 17.4 Å². The number of hydrogen-bond acceptors (Lipinski definition) is 4. The molecule has 100 valence electrons. The van der Waals surface area contributed by atoms with Gasteiger partial charge in [0.15, 0.2) is 11.5 Å². The van der Waals surface area contributed by atoms with Crippen molar-refractivity contribution in [1.82, 2.24) is 0 Å². The summed E-state index contributed by atoms with van der Waals surface area (Å²) in [4.78, 5) is 11.0. The van der Waals surface area contributed by atoms with Gasteiger partial charge in [-0.15, -0.1) is 0 Å². The van der Waals surface area contributed by atoms with Gasteiger partial charge >= 0.3 is 5.97 Å². The lowest BCUT2D eigenvalue weighted by Crippen LogP contribution is -2.26. The highest BCUT2D eigenvalue weighted by Gasteiger charge is 2.23. The standard InChI is InChI=1S/C14H21NO3/c1-9(16)18-11-7-6-10(8-12(11)17-5)13(15)14(2,3)4/h6-8,13H,15H2,1-5H3/t13-/m0/s1. The lowest BCUT2D eigenvalue weighted by atomic mass is 9.83. The third-order valence-electron chi connectivity index (χ3n) is 2.73. The molecule has 0 fully saturated rings. The van der Waals surface area contributed by atoms with Gasteiger partial charge in [-0.2, -0.15) is 0 Å².